The van der Waals surface area contributed by atoms with Crippen LogP contribution < -0.4 is 20.1 Å². The summed E-state index contributed by atoms with van der Waals surface area (Å²) in [7, 11) is -5.05. The van der Waals surface area contributed by atoms with Crippen LogP contribution in [-0.4, -0.2) is 137 Å². The zero-order valence-corrected chi connectivity index (χ0v) is 46.7. The summed E-state index contributed by atoms with van der Waals surface area (Å²) in [4.78, 5) is 25.4. The Balaban J connectivity index is 0.000000333. The summed E-state index contributed by atoms with van der Waals surface area (Å²) in [5.74, 6) is 0.752. The summed E-state index contributed by atoms with van der Waals surface area (Å²) in [6.07, 6.45) is -1.57. The minimum Gasteiger partial charge on any atom is -0.497 e. The van der Waals surface area contributed by atoms with Gasteiger partial charge in [0.05, 0.1) is 73.7 Å². The van der Waals surface area contributed by atoms with Crippen LogP contribution in [0, 0.1) is 34.5 Å². The highest BCUT2D eigenvalue weighted by atomic mass is 32.2. The smallest absolute Gasteiger partial charge is 0.407 e. The van der Waals surface area contributed by atoms with Gasteiger partial charge < -0.3 is 44.5 Å². The first-order chi connectivity index (χ1) is 36.6. The van der Waals surface area contributed by atoms with Crippen LogP contribution in [0.4, 0.5) is 9.59 Å². The standard InChI is InChI=1S/C28H37N3O7S.C28H39N3O6S/c1-21(7-6-15-29)18-31(39(34,35)25-12-10-23(36-2)11-13-25)19-27(32)26(17-22-8-4-3-5-9-22)30-28(33)38-24-14-16-37-20-24;1-21(10-9-17-29)19-31(38(34,35)24-15-13-23(36-5)14-16-24)20-26(32)25(18-22-11-7-6-8-12-22)30-27(33)37-28(2,3)4/h3-5,8-13,21,24,26-27,32H,6-7,14,16-20H2,1-2H3,(H,30,33);6-8,11-16,21,25-26,32H,9-10,18-20H2,1-5H3,(H,30,33)/t21?,24?,26-,27+;21?,25-,26+/m00/s1. The van der Waals surface area contributed by atoms with Crippen LogP contribution in [0.1, 0.15) is 77.8 Å². The summed E-state index contributed by atoms with van der Waals surface area (Å²) in [5.41, 5.74) is 0.976. The number of carbonyl (C=O) groups excluding carboxylic acids is 2. The van der Waals surface area contributed by atoms with E-state index in [1.54, 1.807) is 45.0 Å². The fraction of sp³-hybridized carbons (Fsp3) is 0.500. The predicted molar refractivity (Wildman–Crippen MR) is 290 cm³/mol. The average Bonchev–Trinajstić information content (AvgIpc) is 3.92. The van der Waals surface area contributed by atoms with Gasteiger partial charge in [-0.1, -0.05) is 74.5 Å². The number of hydrogen-bond acceptors (Lipinski definition) is 15. The van der Waals surface area contributed by atoms with Crippen molar-refractivity contribution >= 4 is 32.2 Å². The van der Waals surface area contributed by atoms with E-state index in [-0.39, 0.29) is 79.6 Å². The van der Waals surface area contributed by atoms with E-state index in [9.17, 15) is 36.6 Å². The number of ether oxygens (including phenoxy) is 5. The lowest BCUT2D eigenvalue weighted by molar-refractivity contribution is 0.0399. The molecule has 5 rings (SSSR count). The molecule has 0 aromatic heterocycles. The minimum atomic E-state index is -4.02. The fourth-order valence-corrected chi connectivity index (χ4v) is 11.4. The van der Waals surface area contributed by atoms with E-state index in [2.05, 4.69) is 22.8 Å². The third kappa shape index (κ3) is 21.6. The molecule has 4 aromatic rings. The molecule has 7 atom stereocenters. The van der Waals surface area contributed by atoms with Gasteiger partial charge in [-0.3, -0.25) is 0 Å². The molecule has 4 aromatic carbocycles. The van der Waals surface area contributed by atoms with Gasteiger partial charge in [-0.05, 0) is 118 Å². The quantitative estimate of drug-likeness (QED) is 0.0459. The van der Waals surface area contributed by atoms with Gasteiger partial charge in [0.25, 0.3) is 0 Å². The van der Waals surface area contributed by atoms with E-state index < -0.39 is 62.1 Å². The topological polar surface area (TPSA) is 267 Å². The number of rotatable bonds is 27. The number of amides is 2. The van der Waals surface area contributed by atoms with Crippen molar-refractivity contribution in [3.63, 3.8) is 0 Å². The average molecular weight is 1110 g/mol. The molecule has 3 unspecified atom stereocenters. The van der Waals surface area contributed by atoms with Crippen molar-refractivity contribution in [2.75, 3.05) is 53.6 Å². The highest BCUT2D eigenvalue weighted by molar-refractivity contribution is 7.89. The number of nitriles is 2. The second-order valence-corrected chi connectivity index (χ2v) is 23.9. The Bertz CT molecular complexity index is 2710. The molecule has 2 amide bonds. The summed E-state index contributed by atoms with van der Waals surface area (Å²) in [6, 6.07) is 33.2. The Morgan fingerprint density at radius 2 is 1.06 bits per heavy atom. The Morgan fingerprint density at radius 1 is 0.662 bits per heavy atom. The van der Waals surface area contributed by atoms with E-state index in [0.29, 0.717) is 44.0 Å². The molecule has 77 heavy (non-hydrogen) atoms. The van der Waals surface area contributed by atoms with Crippen LogP contribution in [0.25, 0.3) is 0 Å². The van der Waals surface area contributed by atoms with Gasteiger partial charge in [-0.25, -0.2) is 26.4 Å². The first-order valence-corrected chi connectivity index (χ1v) is 28.5. The largest absolute Gasteiger partial charge is 0.497 e. The van der Waals surface area contributed by atoms with Gasteiger partial charge >= 0.3 is 12.2 Å². The minimum absolute atomic E-state index is 0.0520. The molecule has 4 N–H and O–H groups in total. The number of aliphatic hydroxyl groups is 2. The second kappa shape index (κ2) is 31.2. The Morgan fingerprint density at radius 3 is 1.42 bits per heavy atom. The molecule has 0 aliphatic carbocycles. The molecular weight excluding hydrogens is 1030 g/mol. The zero-order valence-electron chi connectivity index (χ0n) is 45.1. The lowest BCUT2D eigenvalue weighted by atomic mass is 10.0. The molecule has 19 nitrogen and oxygen atoms in total. The van der Waals surface area contributed by atoms with Gasteiger partial charge in [-0.2, -0.15) is 19.1 Å². The van der Waals surface area contributed by atoms with Crippen molar-refractivity contribution in [3.05, 3.63) is 120 Å². The monoisotopic (exact) mass is 1100 g/mol. The maximum atomic E-state index is 13.7. The summed E-state index contributed by atoms with van der Waals surface area (Å²) in [6.45, 7) is 9.41. The van der Waals surface area contributed by atoms with Crippen LogP contribution in [0.5, 0.6) is 11.5 Å². The molecule has 1 saturated heterocycles. The van der Waals surface area contributed by atoms with Crippen LogP contribution in [0.15, 0.2) is 119 Å². The van der Waals surface area contributed by atoms with Crippen LogP contribution >= 0.6 is 0 Å². The maximum Gasteiger partial charge on any atom is 0.407 e. The Kier molecular flexibility index (Phi) is 25.6. The van der Waals surface area contributed by atoms with Crippen LogP contribution in [0.2, 0.25) is 0 Å². The second-order valence-electron chi connectivity index (χ2n) is 20.0. The number of benzene rings is 4. The van der Waals surface area contributed by atoms with E-state index >= 15 is 0 Å². The van der Waals surface area contributed by atoms with Crippen molar-refractivity contribution < 1.29 is 60.3 Å². The predicted octanol–water partition coefficient (Wildman–Crippen LogP) is 7.24. The number of sulfonamides is 2. The highest BCUT2D eigenvalue weighted by Gasteiger charge is 2.35. The molecule has 21 heteroatoms. The third-order valence-electron chi connectivity index (χ3n) is 12.4. The van der Waals surface area contributed by atoms with Gasteiger partial charge in [0.1, 0.15) is 23.2 Å². The van der Waals surface area contributed by atoms with Crippen LogP contribution in [-0.2, 0) is 47.1 Å². The first kappa shape index (κ1) is 63.2. The molecule has 0 saturated carbocycles. The number of hydrogen-bond donors (Lipinski definition) is 4. The molecular formula is C56H76N6O13S2. The van der Waals surface area contributed by atoms with Crippen molar-refractivity contribution in [2.24, 2.45) is 11.8 Å². The molecule has 0 spiro atoms. The third-order valence-corrected chi connectivity index (χ3v) is 16.1. The van der Waals surface area contributed by atoms with Crippen LogP contribution in [0.3, 0.4) is 0 Å². The summed E-state index contributed by atoms with van der Waals surface area (Å²) >= 11 is 0. The highest BCUT2D eigenvalue weighted by Crippen LogP contribution is 2.25. The number of carbonyl (C=O) groups is 2. The molecule has 420 valence electrons. The lowest BCUT2D eigenvalue weighted by Gasteiger charge is -2.31. The van der Waals surface area contributed by atoms with E-state index in [1.165, 1.54) is 47.1 Å². The van der Waals surface area contributed by atoms with Crippen molar-refractivity contribution in [1.82, 2.24) is 19.2 Å². The van der Waals surface area contributed by atoms with Gasteiger partial charge in [0.15, 0.2) is 0 Å². The number of nitrogens with one attached hydrogen (secondary N) is 2. The van der Waals surface area contributed by atoms with Gasteiger partial charge in [-0.15, -0.1) is 0 Å². The molecule has 0 bridgehead atoms. The Labute approximate surface area is 455 Å². The normalized spacial score (nSPS) is 16.0. The zero-order chi connectivity index (χ0) is 56.6. The maximum absolute atomic E-state index is 13.7. The van der Waals surface area contributed by atoms with E-state index in [0.717, 1.165) is 11.1 Å². The molecule has 1 aliphatic rings. The Hall–Kier alpha value is -6.30. The lowest BCUT2D eigenvalue weighted by Crippen LogP contribution is -2.52. The van der Waals surface area contributed by atoms with Crippen molar-refractivity contribution in [2.45, 2.75) is 125 Å². The number of nitrogens with zero attached hydrogens (tertiary/aromatic N) is 4. The molecule has 1 fully saturated rings. The number of aliphatic hydroxyl groups excluding tert-OH is 2. The van der Waals surface area contributed by atoms with Gasteiger partial charge in [0.2, 0.25) is 20.0 Å². The fourth-order valence-electron chi connectivity index (χ4n) is 8.21. The molecule has 1 heterocycles. The SMILES string of the molecule is COc1ccc(S(=O)(=O)N(CC(C)CCC#N)C[C@@H](O)[C@H](Cc2ccccc2)NC(=O)OC(C)(C)C)cc1.COc1ccc(S(=O)(=O)N(CC(C)CCC#N)C[C@@H](O)[C@H](Cc2ccccc2)NC(=O)OC2CCOC2)cc1. The summed E-state index contributed by atoms with van der Waals surface area (Å²) < 4.78 is 83.5. The van der Waals surface area contributed by atoms with E-state index in [1.807, 2.05) is 74.5 Å². The molecule has 1 aliphatic heterocycles. The number of alkyl carbamates (subject to hydrolysis) is 2. The first-order valence-electron chi connectivity index (χ1n) is 25.6. The molecule has 0 radical (unpaired) electrons. The summed E-state index contributed by atoms with van der Waals surface area (Å²) in [5, 5.41) is 46.1. The van der Waals surface area contributed by atoms with Crippen molar-refractivity contribution in [1.29, 1.82) is 10.5 Å². The van der Waals surface area contributed by atoms with E-state index in [4.69, 9.17) is 34.2 Å². The number of methoxy groups -OCH3 is 2. The van der Waals surface area contributed by atoms with Crippen molar-refractivity contribution in [3.8, 4) is 23.6 Å². The van der Waals surface area contributed by atoms with Gasteiger partial charge in [0, 0.05) is 45.4 Å².